The van der Waals surface area contributed by atoms with Gasteiger partial charge in [0.25, 0.3) is 0 Å². The van der Waals surface area contributed by atoms with Gasteiger partial charge in [-0.1, -0.05) is 62.4 Å². The number of aryl methyl sites for hydroxylation is 1. The molecule has 0 fully saturated rings. The van der Waals surface area contributed by atoms with E-state index in [0.29, 0.717) is 12.0 Å². The lowest BCUT2D eigenvalue weighted by Gasteiger charge is -2.34. The van der Waals surface area contributed by atoms with Crippen molar-refractivity contribution in [3.05, 3.63) is 65.6 Å². The topological polar surface area (TPSA) is 3.24 Å². The predicted octanol–water partition coefficient (Wildman–Crippen LogP) is 4.74. The third kappa shape index (κ3) is 4.15. The third-order valence-corrected chi connectivity index (χ3v) is 3.64. The Morgan fingerprint density at radius 2 is 2.00 bits per heavy atom. The van der Waals surface area contributed by atoms with Crippen molar-refractivity contribution in [2.75, 3.05) is 7.05 Å². The molecule has 0 radical (unpaired) electrons. The van der Waals surface area contributed by atoms with Gasteiger partial charge in [0.2, 0.25) is 0 Å². The lowest BCUT2D eigenvalue weighted by molar-refractivity contribution is 0.271. The number of allylic oxidation sites excluding steroid dienone is 1. The molecule has 0 aliphatic heterocycles. The van der Waals surface area contributed by atoms with Crippen molar-refractivity contribution in [1.82, 2.24) is 4.90 Å². The van der Waals surface area contributed by atoms with Crippen LogP contribution in [0.5, 0.6) is 0 Å². The molecule has 0 aromatic heterocycles. The Morgan fingerprint density at radius 3 is 2.45 bits per heavy atom. The van der Waals surface area contributed by atoms with E-state index in [4.69, 9.17) is 0 Å². The van der Waals surface area contributed by atoms with Gasteiger partial charge in [-0.3, -0.25) is 0 Å². The molecule has 1 heteroatoms. The van der Waals surface area contributed by atoms with Crippen LogP contribution in [0.3, 0.4) is 0 Å². The predicted molar refractivity (Wildman–Crippen MR) is 88.7 cm³/mol. The lowest BCUT2D eigenvalue weighted by atomic mass is 9.95. The van der Waals surface area contributed by atoms with Crippen LogP contribution in [0, 0.1) is 12.8 Å². The van der Waals surface area contributed by atoms with Gasteiger partial charge in [0.15, 0.2) is 0 Å². The Morgan fingerprint density at radius 1 is 1.35 bits per heavy atom. The second kappa shape index (κ2) is 7.17. The SMILES string of the molecule is C=C=C(Cc1cccc(C)c1)N(C)C(C(=C)C)C(C)C. The van der Waals surface area contributed by atoms with Gasteiger partial charge in [0.1, 0.15) is 0 Å². The number of hydrogen-bond donors (Lipinski definition) is 0. The Bertz CT molecular complexity index is 518. The first kappa shape index (κ1) is 16.3. The maximum absolute atomic E-state index is 4.13. The maximum atomic E-state index is 4.13. The zero-order valence-electron chi connectivity index (χ0n) is 13.5. The van der Waals surface area contributed by atoms with Gasteiger partial charge in [-0.25, -0.2) is 0 Å². The molecule has 20 heavy (non-hydrogen) atoms. The van der Waals surface area contributed by atoms with Crippen LogP contribution in [-0.2, 0) is 6.42 Å². The average Bonchev–Trinajstić information content (AvgIpc) is 2.34. The van der Waals surface area contributed by atoms with Crippen molar-refractivity contribution in [1.29, 1.82) is 0 Å². The summed E-state index contributed by atoms with van der Waals surface area (Å²) in [6.07, 6.45) is 0.859. The van der Waals surface area contributed by atoms with Crippen LogP contribution in [0.25, 0.3) is 0 Å². The van der Waals surface area contributed by atoms with Crippen molar-refractivity contribution in [2.24, 2.45) is 5.92 Å². The van der Waals surface area contributed by atoms with Crippen molar-refractivity contribution in [2.45, 2.75) is 40.2 Å². The Labute approximate surface area is 124 Å². The highest BCUT2D eigenvalue weighted by atomic mass is 15.1. The number of nitrogens with zero attached hydrogens (tertiary/aromatic N) is 1. The summed E-state index contributed by atoms with van der Waals surface area (Å²) in [6.45, 7) is 16.7. The molecule has 0 N–H and O–H groups in total. The van der Waals surface area contributed by atoms with E-state index < -0.39 is 0 Å². The Kier molecular flexibility index (Phi) is 5.85. The fourth-order valence-electron chi connectivity index (χ4n) is 2.84. The zero-order chi connectivity index (χ0) is 15.3. The fourth-order valence-corrected chi connectivity index (χ4v) is 2.84. The standard InChI is InChI=1S/C19H27N/c1-8-18(13-17-11-9-10-16(6)12-17)20(7)19(14(2)3)15(4)5/h9-12,15,19H,1-2,13H2,3-7H3. The number of hydrogen-bond acceptors (Lipinski definition) is 1. The second-order valence-corrected chi connectivity index (χ2v) is 5.94. The van der Waals surface area contributed by atoms with E-state index in [1.165, 1.54) is 16.7 Å². The fraction of sp³-hybridized carbons (Fsp3) is 0.421. The molecule has 0 saturated carbocycles. The van der Waals surface area contributed by atoms with E-state index in [1.807, 2.05) is 0 Å². The second-order valence-electron chi connectivity index (χ2n) is 5.94. The highest BCUT2D eigenvalue weighted by Crippen LogP contribution is 2.22. The number of rotatable bonds is 6. The quantitative estimate of drug-likeness (QED) is 0.532. The van der Waals surface area contributed by atoms with Gasteiger partial charge in [0.05, 0.1) is 11.7 Å². The van der Waals surface area contributed by atoms with Gasteiger partial charge in [-0.15, -0.1) is 5.73 Å². The minimum atomic E-state index is 0.323. The molecular weight excluding hydrogens is 242 g/mol. The maximum Gasteiger partial charge on any atom is 0.0604 e. The van der Waals surface area contributed by atoms with Gasteiger partial charge in [-0.2, -0.15) is 0 Å². The smallest absolute Gasteiger partial charge is 0.0604 e. The van der Waals surface area contributed by atoms with Crippen molar-refractivity contribution >= 4 is 0 Å². The number of benzene rings is 1. The van der Waals surface area contributed by atoms with Crippen LogP contribution in [0.2, 0.25) is 0 Å². The molecule has 1 nitrogen and oxygen atoms in total. The van der Waals surface area contributed by atoms with E-state index >= 15 is 0 Å². The summed E-state index contributed by atoms with van der Waals surface area (Å²) < 4.78 is 0. The molecule has 0 saturated heterocycles. The molecule has 1 atom stereocenters. The summed E-state index contributed by atoms with van der Waals surface area (Å²) in [7, 11) is 2.11. The first-order valence-corrected chi connectivity index (χ1v) is 7.19. The molecule has 1 aromatic rings. The lowest BCUT2D eigenvalue weighted by Crippen LogP contribution is -2.36. The molecular formula is C19H27N. The molecule has 0 aliphatic carbocycles. The molecule has 1 unspecified atom stereocenters. The van der Waals surface area contributed by atoms with Crippen LogP contribution >= 0.6 is 0 Å². The molecule has 0 spiro atoms. The largest absolute Gasteiger partial charge is 0.364 e. The molecule has 0 bridgehead atoms. The molecule has 1 rings (SSSR count). The molecule has 108 valence electrons. The van der Waals surface area contributed by atoms with Crippen LogP contribution in [0.1, 0.15) is 31.9 Å². The molecule has 1 aromatic carbocycles. The summed E-state index contributed by atoms with van der Waals surface area (Å²) in [5, 5.41) is 0. The van der Waals surface area contributed by atoms with Crippen LogP contribution in [0.15, 0.2) is 54.4 Å². The Balaban J connectivity index is 2.96. The highest BCUT2D eigenvalue weighted by molar-refractivity contribution is 5.26. The summed E-state index contributed by atoms with van der Waals surface area (Å²) >= 11 is 0. The van der Waals surface area contributed by atoms with E-state index in [-0.39, 0.29) is 0 Å². The molecule has 0 heterocycles. The van der Waals surface area contributed by atoms with Gasteiger partial charge in [-0.05, 0) is 25.3 Å². The van der Waals surface area contributed by atoms with Crippen LogP contribution < -0.4 is 0 Å². The van der Waals surface area contributed by atoms with E-state index in [9.17, 15) is 0 Å². The molecule has 0 aliphatic rings. The minimum absolute atomic E-state index is 0.323. The normalized spacial score (nSPS) is 11.9. The average molecular weight is 269 g/mol. The first-order valence-electron chi connectivity index (χ1n) is 7.19. The Hall–Kier alpha value is -1.72. The van der Waals surface area contributed by atoms with Crippen LogP contribution in [-0.4, -0.2) is 18.0 Å². The summed E-state index contributed by atoms with van der Waals surface area (Å²) in [6, 6.07) is 8.92. The summed E-state index contributed by atoms with van der Waals surface area (Å²) in [5.74, 6) is 0.512. The highest BCUT2D eigenvalue weighted by Gasteiger charge is 2.21. The van der Waals surface area contributed by atoms with Crippen molar-refractivity contribution in [3.8, 4) is 0 Å². The van der Waals surface area contributed by atoms with E-state index in [1.54, 1.807) is 0 Å². The van der Waals surface area contributed by atoms with E-state index in [0.717, 1.165) is 12.1 Å². The van der Waals surface area contributed by atoms with E-state index in [2.05, 4.69) is 82.8 Å². The summed E-state index contributed by atoms with van der Waals surface area (Å²) in [4.78, 5) is 2.27. The van der Waals surface area contributed by atoms with Crippen molar-refractivity contribution in [3.63, 3.8) is 0 Å². The van der Waals surface area contributed by atoms with Crippen LogP contribution in [0.4, 0.5) is 0 Å². The summed E-state index contributed by atoms with van der Waals surface area (Å²) in [5.41, 5.74) is 8.00. The third-order valence-electron chi connectivity index (χ3n) is 3.64. The monoisotopic (exact) mass is 269 g/mol. The number of likely N-dealkylation sites (N-methyl/N-ethyl adjacent to an activating group) is 1. The van der Waals surface area contributed by atoms with Gasteiger partial charge >= 0.3 is 0 Å². The minimum Gasteiger partial charge on any atom is -0.364 e. The first-order chi connectivity index (χ1) is 9.36. The zero-order valence-corrected chi connectivity index (χ0v) is 13.5. The molecule has 0 amide bonds. The van der Waals surface area contributed by atoms with Gasteiger partial charge in [0, 0.05) is 13.5 Å². The van der Waals surface area contributed by atoms with Gasteiger partial charge < -0.3 is 4.90 Å². The van der Waals surface area contributed by atoms with Crippen molar-refractivity contribution < 1.29 is 0 Å².